The first kappa shape index (κ1) is 7.92. The van der Waals surface area contributed by atoms with Gasteiger partial charge in [0.05, 0.1) is 5.70 Å². The highest BCUT2D eigenvalue weighted by atomic mass is 16.5. The number of nitrogens with one attached hydrogen (secondary N) is 1. The van der Waals surface area contributed by atoms with E-state index in [9.17, 15) is 0 Å². The van der Waals surface area contributed by atoms with E-state index in [0.717, 1.165) is 12.8 Å². The quantitative estimate of drug-likeness (QED) is 0.629. The molecule has 1 heterocycles. The van der Waals surface area contributed by atoms with Crippen molar-refractivity contribution in [1.82, 2.24) is 10.2 Å². The molecule has 2 rings (SSSR count). The molecule has 0 aromatic carbocycles. The summed E-state index contributed by atoms with van der Waals surface area (Å²) in [6.07, 6.45) is 3.46. The molecule has 1 aliphatic heterocycles. The lowest BCUT2D eigenvalue weighted by Crippen LogP contribution is -2.32. The smallest absolute Gasteiger partial charge is 0.158 e. The third kappa shape index (κ3) is 1.29. The van der Waals surface area contributed by atoms with Crippen LogP contribution in [0.5, 0.6) is 0 Å². The third-order valence-electron chi connectivity index (χ3n) is 2.74. The van der Waals surface area contributed by atoms with Crippen LogP contribution in [-0.2, 0) is 4.74 Å². The van der Waals surface area contributed by atoms with Gasteiger partial charge in [-0.05, 0) is 20.5 Å². The second kappa shape index (κ2) is 2.98. The van der Waals surface area contributed by atoms with Gasteiger partial charge in [0.1, 0.15) is 5.76 Å². The topological polar surface area (TPSA) is 24.5 Å². The fourth-order valence-electron chi connectivity index (χ4n) is 1.88. The minimum Gasteiger partial charge on any atom is -0.476 e. The Morgan fingerprint density at radius 3 is 3.08 bits per heavy atom. The standard InChI is InChI=1S/C9H16N2O/c1-11(2)7-3-4-9-8(5-7)10-6-12-9/h7,10H,3-6H2,1-2H3. The van der Waals surface area contributed by atoms with Gasteiger partial charge in [-0.3, -0.25) is 0 Å². The molecule has 1 unspecified atom stereocenters. The average Bonchev–Trinajstić information content (AvgIpc) is 2.49. The van der Waals surface area contributed by atoms with E-state index in [1.807, 2.05) is 0 Å². The molecule has 1 N–H and O–H groups in total. The second-order valence-corrected chi connectivity index (χ2v) is 3.73. The molecule has 1 aliphatic carbocycles. The number of nitrogens with zero attached hydrogens (tertiary/aromatic N) is 1. The van der Waals surface area contributed by atoms with Gasteiger partial charge in [0.15, 0.2) is 6.73 Å². The Kier molecular flexibility index (Phi) is 1.97. The van der Waals surface area contributed by atoms with E-state index in [1.54, 1.807) is 0 Å². The van der Waals surface area contributed by atoms with E-state index in [1.165, 1.54) is 17.9 Å². The number of hydrogen-bond donors (Lipinski definition) is 1. The third-order valence-corrected chi connectivity index (χ3v) is 2.74. The van der Waals surface area contributed by atoms with Crippen molar-refractivity contribution in [3.05, 3.63) is 11.5 Å². The zero-order valence-electron chi connectivity index (χ0n) is 7.76. The fourth-order valence-corrected chi connectivity index (χ4v) is 1.88. The molecule has 0 radical (unpaired) electrons. The maximum absolute atomic E-state index is 5.43. The van der Waals surface area contributed by atoms with E-state index >= 15 is 0 Å². The van der Waals surface area contributed by atoms with Gasteiger partial charge in [-0.2, -0.15) is 0 Å². The van der Waals surface area contributed by atoms with Crippen molar-refractivity contribution in [1.29, 1.82) is 0 Å². The first-order chi connectivity index (χ1) is 5.77. The Balaban J connectivity index is 2.04. The lowest BCUT2D eigenvalue weighted by molar-refractivity contribution is 0.205. The maximum atomic E-state index is 5.43. The Labute approximate surface area is 73.4 Å². The van der Waals surface area contributed by atoms with E-state index in [2.05, 4.69) is 24.3 Å². The molecule has 2 aliphatic rings. The van der Waals surface area contributed by atoms with Gasteiger partial charge in [0.2, 0.25) is 0 Å². The number of allylic oxidation sites excluding steroid dienone is 1. The van der Waals surface area contributed by atoms with E-state index in [-0.39, 0.29) is 0 Å². The van der Waals surface area contributed by atoms with E-state index in [0.29, 0.717) is 12.8 Å². The highest BCUT2D eigenvalue weighted by Crippen LogP contribution is 2.28. The average molecular weight is 168 g/mol. The molecule has 3 heteroatoms. The van der Waals surface area contributed by atoms with Crippen molar-refractivity contribution in [3.63, 3.8) is 0 Å². The molecule has 12 heavy (non-hydrogen) atoms. The minimum absolute atomic E-state index is 0.685. The summed E-state index contributed by atoms with van der Waals surface area (Å²) in [5, 5.41) is 3.27. The van der Waals surface area contributed by atoms with Crippen molar-refractivity contribution >= 4 is 0 Å². The Morgan fingerprint density at radius 2 is 2.33 bits per heavy atom. The Bertz CT molecular complexity index is 211. The van der Waals surface area contributed by atoms with Gasteiger partial charge in [-0.1, -0.05) is 0 Å². The van der Waals surface area contributed by atoms with Gasteiger partial charge in [-0.25, -0.2) is 0 Å². The van der Waals surface area contributed by atoms with E-state index in [4.69, 9.17) is 4.74 Å². The SMILES string of the molecule is CN(C)C1CCC2=C(C1)NCO2. The molecule has 0 spiro atoms. The molecular formula is C9H16N2O. The Morgan fingerprint density at radius 1 is 1.50 bits per heavy atom. The van der Waals surface area contributed by atoms with Crippen LogP contribution >= 0.6 is 0 Å². The van der Waals surface area contributed by atoms with Crippen molar-refractivity contribution < 1.29 is 4.74 Å². The van der Waals surface area contributed by atoms with Gasteiger partial charge in [-0.15, -0.1) is 0 Å². The molecule has 0 aromatic heterocycles. The maximum Gasteiger partial charge on any atom is 0.158 e. The highest BCUT2D eigenvalue weighted by Gasteiger charge is 2.26. The van der Waals surface area contributed by atoms with Gasteiger partial charge in [0, 0.05) is 18.9 Å². The van der Waals surface area contributed by atoms with Crippen molar-refractivity contribution in [2.24, 2.45) is 0 Å². The van der Waals surface area contributed by atoms with Crippen LogP contribution < -0.4 is 5.32 Å². The molecular weight excluding hydrogens is 152 g/mol. The summed E-state index contributed by atoms with van der Waals surface area (Å²) < 4.78 is 5.43. The van der Waals surface area contributed by atoms with Crippen molar-refractivity contribution in [2.45, 2.75) is 25.3 Å². The predicted octanol–water partition coefficient (Wildman–Crippen LogP) is 0.889. The van der Waals surface area contributed by atoms with Crippen LogP contribution in [0.2, 0.25) is 0 Å². The summed E-state index contributed by atoms with van der Waals surface area (Å²) in [7, 11) is 4.29. The highest BCUT2D eigenvalue weighted by molar-refractivity contribution is 5.15. The molecule has 0 aromatic rings. The lowest BCUT2D eigenvalue weighted by Gasteiger charge is -2.27. The van der Waals surface area contributed by atoms with Gasteiger partial charge in [0.25, 0.3) is 0 Å². The lowest BCUT2D eigenvalue weighted by atomic mass is 9.97. The Hall–Kier alpha value is -0.700. The van der Waals surface area contributed by atoms with Crippen molar-refractivity contribution in [2.75, 3.05) is 20.8 Å². The molecule has 0 amide bonds. The van der Waals surface area contributed by atoms with Gasteiger partial charge >= 0.3 is 0 Å². The molecule has 0 saturated carbocycles. The van der Waals surface area contributed by atoms with Crippen LogP contribution in [0.4, 0.5) is 0 Å². The zero-order chi connectivity index (χ0) is 8.55. The van der Waals surface area contributed by atoms with Crippen LogP contribution in [0.3, 0.4) is 0 Å². The summed E-state index contributed by atoms with van der Waals surface area (Å²) in [6.45, 7) is 0.685. The predicted molar refractivity (Wildman–Crippen MR) is 47.4 cm³/mol. The zero-order valence-corrected chi connectivity index (χ0v) is 7.76. The molecule has 0 saturated heterocycles. The van der Waals surface area contributed by atoms with Crippen LogP contribution in [0.15, 0.2) is 11.5 Å². The second-order valence-electron chi connectivity index (χ2n) is 3.73. The van der Waals surface area contributed by atoms with Crippen LogP contribution in [0, 0.1) is 0 Å². The molecule has 3 nitrogen and oxygen atoms in total. The summed E-state index contributed by atoms with van der Waals surface area (Å²) in [4.78, 5) is 2.30. The normalized spacial score (nSPS) is 28.4. The van der Waals surface area contributed by atoms with Crippen LogP contribution in [0.25, 0.3) is 0 Å². The summed E-state index contributed by atoms with van der Waals surface area (Å²) >= 11 is 0. The molecule has 0 fully saturated rings. The molecule has 68 valence electrons. The van der Waals surface area contributed by atoms with Gasteiger partial charge < -0.3 is 15.0 Å². The number of ether oxygens (including phenoxy) is 1. The summed E-state index contributed by atoms with van der Waals surface area (Å²) in [6, 6.07) is 0.693. The van der Waals surface area contributed by atoms with E-state index < -0.39 is 0 Å². The summed E-state index contributed by atoms with van der Waals surface area (Å²) in [5.74, 6) is 1.20. The van der Waals surface area contributed by atoms with Crippen molar-refractivity contribution in [3.8, 4) is 0 Å². The molecule has 1 atom stereocenters. The minimum atomic E-state index is 0.685. The monoisotopic (exact) mass is 168 g/mol. The fraction of sp³-hybridized carbons (Fsp3) is 0.778. The van der Waals surface area contributed by atoms with Crippen LogP contribution in [0.1, 0.15) is 19.3 Å². The van der Waals surface area contributed by atoms with Crippen LogP contribution in [-0.4, -0.2) is 31.8 Å². The summed E-state index contributed by atoms with van der Waals surface area (Å²) in [5.41, 5.74) is 1.33. The number of hydrogen-bond acceptors (Lipinski definition) is 3. The largest absolute Gasteiger partial charge is 0.476 e. The number of rotatable bonds is 1. The molecule has 0 bridgehead atoms. The first-order valence-electron chi connectivity index (χ1n) is 4.52. The first-order valence-corrected chi connectivity index (χ1v) is 4.52.